The van der Waals surface area contributed by atoms with Crippen molar-refractivity contribution in [3.05, 3.63) is 62.5 Å². The van der Waals surface area contributed by atoms with Crippen LogP contribution >= 0.6 is 39.1 Å². The van der Waals surface area contributed by atoms with Crippen molar-refractivity contribution in [1.82, 2.24) is 0 Å². The van der Waals surface area contributed by atoms with Crippen LogP contribution in [0.15, 0.2) is 52.0 Å². The zero-order valence-corrected chi connectivity index (χ0v) is 13.5. The van der Waals surface area contributed by atoms with Crippen LogP contribution in [0, 0.1) is 0 Å². The lowest BCUT2D eigenvalue weighted by Gasteiger charge is -2.26. The average molecular weight is 370 g/mol. The number of hydrogen-bond acceptors (Lipinski definition) is 2. The standard InChI is InChI=1S/C15H11BrCl2N2/c16-11-6-4-10(5-7-11)14-8-9-19-20(14)15-12(17)2-1-3-13(15)18/h1-7,9,14H,8H2. The summed E-state index contributed by atoms with van der Waals surface area (Å²) in [5.41, 5.74) is 1.94. The molecule has 0 fully saturated rings. The molecule has 0 aromatic heterocycles. The third-order valence-electron chi connectivity index (χ3n) is 3.25. The topological polar surface area (TPSA) is 15.6 Å². The van der Waals surface area contributed by atoms with Crippen molar-refractivity contribution in [1.29, 1.82) is 0 Å². The molecule has 2 aromatic rings. The summed E-state index contributed by atoms with van der Waals surface area (Å²) < 4.78 is 1.06. The van der Waals surface area contributed by atoms with Gasteiger partial charge in [-0.05, 0) is 29.8 Å². The van der Waals surface area contributed by atoms with Crippen LogP contribution in [-0.2, 0) is 0 Å². The van der Waals surface area contributed by atoms with Crippen LogP contribution < -0.4 is 5.01 Å². The second-order valence-corrected chi connectivity index (χ2v) is 6.25. The molecule has 0 N–H and O–H groups in total. The summed E-state index contributed by atoms with van der Waals surface area (Å²) in [6.07, 6.45) is 2.73. The number of anilines is 1. The summed E-state index contributed by atoms with van der Waals surface area (Å²) in [6.45, 7) is 0. The molecule has 2 nitrogen and oxygen atoms in total. The van der Waals surface area contributed by atoms with Crippen LogP contribution in [-0.4, -0.2) is 6.21 Å². The maximum absolute atomic E-state index is 6.28. The molecule has 3 rings (SSSR count). The molecule has 1 aliphatic heterocycles. The van der Waals surface area contributed by atoms with E-state index in [2.05, 4.69) is 33.2 Å². The molecule has 5 heteroatoms. The second-order valence-electron chi connectivity index (χ2n) is 4.52. The van der Waals surface area contributed by atoms with Crippen LogP contribution in [0.25, 0.3) is 0 Å². The lowest BCUT2D eigenvalue weighted by molar-refractivity contribution is 0.710. The Balaban J connectivity index is 2.00. The third kappa shape index (κ3) is 2.58. The Morgan fingerprint density at radius 1 is 1.05 bits per heavy atom. The van der Waals surface area contributed by atoms with Crippen molar-refractivity contribution in [2.45, 2.75) is 12.5 Å². The molecule has 1 aliphatic rings. The molecule has 0 spiro atoms. The van der Waals surface area contributed by atoms with E-state index in [4.69, 9.17) is 23.2 Å². The first-order valence-corrected chi connectivity index (χ1v) is 7.73. The average Bonchev–Trinajstić information content (AvgIpc) is 2.88. The van der Waals surface area contributed by atoms with Crippen LogP contribution in [0.4, 0.5) is 5.69 Å². The summed E-state index contributed by atoms with van der Waals surface area (Å²) in [7, 11) is 0. The number of halogens is 3. The SMILES string of the molecule is Clc1cccc(Cl)c1N1N=CCC1c1ccc(Br)cc1. The van der Waals surface area contributed by atoms with Crippen LogP contribution in [0.5, 0.6) is 0 Å². The van der Waals surface area contributed by atoms with Crippen molar-refractivity contribution >= 4 is 51.0 Å². The van der Waals surface area contributed by atoms with Gasteiger partial charge >= 0.3 is 0 Å². The van der Waals surface area contributed by atoms with Gasteiger partial charge in [0.25, 0.3) is 0 Å². The fourth-order valence-corrected chi connectivity index (χ4v) is 3.13. The summed E-state index contributed by atoms with van der Waals surface area (Å²) >= 11 is 16.0. The monoisotopic (exact) mass is 368 g/mol. The summed E-state index contributed by atoms with van der Waals surface area (Å²) in [5.74, 6) is 0. The van der Waals surface area contributed by atoms with Crippen LogP contribution in [0.3, 0.4) is 0 Å². The maximum atomic E-state index is 6.28. The van der Waals surface area contributed by atoms with Gasteiger partial charge in [0.15, 0.2) is 0 Å². The molecule has 2 aromatic carbocycles. The first kappa shape index (κ1) is 13.9. The predicted octanol–water partition coefficient (Wildman–Crippen LogP) is 5.69. The molecular weight excluding hydrogens is 359 g/mol. The highest BCUT2D eigenvalue weighted by Crippen LogP contribution is 2.41. The fourth-order valence-electron chi connectivity index (χ4n) is 2.30. The maximum Gasteiger partial charge on any atom is 0.0973 e. The highest BCUT2D eigenvalue weighted by Gasteiger charge is 2.27. The van der Waals surface area contributed by atoms with Crippen molar-refractivity contribution in [3.63, 3.8) is 0 Å². The summed E-state index contributed by atoms with van der Waals surface area (Å²) in [5, 5.41) is 7.55. The lowest BCUT2D eigenvalue weighted by Crippen LogP contribution is -2.19. The van der Waals surface area contributed by atoms with Crippen molar-refractivity contribution in [2.75, 3.05) is 5.01 Å². The molecule has 0 amide bonds. The highest BCUT2D eigenvalue weighted by atomic mass is 79.9. The van der Waals surface area contributed by atoms with E-state index in [9.17, 15) is 0 Å². The number of nitrogens with zero attached hydrogens (tertiary/aromatic N) is 2. The molecule has 0 radical (unpaired) electrons. The van der Waals surface area contributed by atoms with Gasteiger partial charge in [0.05, 0.1) is 21.8 Å². The lowest BCUT2D eigenvalue weighted by atomic mass is 10.0. The van der Waals surface area contributed by atoms with E-state index < -0.39 is 0 Å². The quantitative estimate of drug-likeness (QED) is 0.663. The van der Waals surface area contributed by atoms with E-state index in [0.29, 0.717) is 10.0 Å². The van der Waals surface area contributed by atoms with Gasteiger partial charge in [0.2, 0.25) is 0 Å². The largest absolute Gasteiger partial charge is 0.255 e. The Labute approximate surface area is 136 Å². The first-order chi connectivity index (χ1) is 9.66. The van der Waals surface area contributed by atoms with Crippen LogP contribution in [0.2, 0.25) is 10.0 Å². The van der Waals surface area contributed by atoms with E-state index in [1.54, 1.807) is 0 Å². The van der Waals surface area contributed by atoms with E-state index in [-0.39, 0.29) is 6.04 Å². The Morgan fingerprint density at radius 2 is 1.70 bits per heavy atom. The molecule has 1 atom stereocenters. The van der Waals surface area contributed by atoms with Gasteiger partial charge in [-0.3, -0.25) is 5.01 Å². The van der Waals surface area contributed by atoms with E-state index in [0.717, 1.165) is 16.6 Å². The number of benzene rings is 2. The fraction of sp³-hybridized carbons (Fsp3) is 0.133. The van der Waals surface area contributed by atoms with Gasteiger partial charge in [0, 0.05) is 17.1 Å². The van der Waals surface area contributed by atoms with E-state index in [1.165, 1.54) is 5.56 Å². The number of hydrazone groups is 1. The van der Waals surface area contributed by atoms with Gasteiger partial charge in [0.1, 0.15) is 0 Å². The zero-order valence-electron chi connectivity index (χ0n) is 10.4. The minimum absolute atomic E-state index is 0.125. The molecular formula is C15H11BrCl2N2. The summed E-state index contributed by atoms with van der Waals surface area (Å²) in [6, 6.07) is 13.8. The Bertz CT molecular complexity index is 635. The second kappa shape index (κ2) is 5.76. The van der Waals surface area contributed by atoms with Crippen molar-refractivity contribution in [2.24, 2.45) is 5.10 Å². The van der Waals surface area contributed by atoms with Crippen molar-refractivity contribution < 1.29 is 0 Å². The van der Waals surface area contributed by atoms with Gasteiger partial charge in [-0.25, -0.2) is 0 Å². The Kier molecular flexibility index (Phi) is 4.01. The minimum atomic E-state index is 0.125. The zero-order chi connectivity index (χ0) is 14.1. The highest BCUT2D eigenvalue weighted by molar-refractivity contribution is 9.10. The molecule has 0 bridgehead atoms. The predicted molar refractivity (Wildman–Crippen MR) is 88.9 cm³/mol. The summed E-state index contributed by atoms with van der Waals surface area (Å²) in [4.78, 5) is 0. The molecule has 1 unspecified atom stereocenters. The van der Waals surface area contributed by atoms with Gasteiger partial charge in [-0.2, -0.15) is 5.10 Å². The Hall–Kier alpha value is -1.03. The third-order valence-corrected chi connectivity index (χ3v) is 4.39. The molecule has 102 valence electrons. The number of para-hydroxylation sites is 1. The Morgan fingerprint density at radius 3 is 2.35 bits per heavy atom. The molecule has 0 saturated carbocycles. The van der Waals surface area contributed by atoms with Gasteiger partial charge < -0.3 is 0 Å². The smallest absolute Gasteiger partial charge is 0.0973 e. The normalized spacial score (nSPS) is 17.8. The van der Waals surface area contributed by atoms with Gasteiger partial charge in [-0.15, -0.1) is 0 Å². The van der Waals surface area contributed by atoms with Gasteiger partial charge in [-0.1, -0.05) is 57.3 Å². The first-order valence-electron chi connectivity index (χ1n) is 6.18. The molecule has 1 heterocycles. The molecule has 20 heavy (non-hydrogen) atoms. The van der Waals surface area contributed by atoms with Crippen molar-refractivity contribution in [3.8, 4) is 0 Å². The van der Waals surface area contributed by atoms with Crippen LogP contribution in [0.1, 0.15) is 18.0 Å². The molecule has 0 aliphatic carbocycles. The van der Waals surface area contributed by atoms with E-state index >= 15 is 0 Å². The minimum Gasteiger partial charge on any atom is -0.255 e. The number of hydrogen-bond donors (Lipinski definition) is 0. The number of rotatable bonds is 2. The van der Waals surface area contributed by atoms with E-state index in [1.807, 2.05) is 41.6 Å². The molecule has 0 saturated heterocycles.